The lowest BCUT2D eigenvalue weighted by Gasteiger charge is -2.25. The molecule has 0 aliphatic rings. The van der Waals surface area contributed by atoms with Gasteiger partial charge >= 0.3 is 11.9 Å². The molecule has 4 unspecified atom stereocenters. The quantitative estimate of drug-likeness (QED) is 0.0780. The fourth-order valence-electron chi connectivity index (χ4n) is 5.77. The third kappa shape index (κ3) is 8.90. The monoisotopic (exact) mass is 666 g/mol. The number of fused-ring (bicyclic) bond motifs is 2. The number of aromatic amines is 2. The van der Waals surface area contributed by atoms with Crippen LogP contribution in [-0.4, -0.2) is 74.0 Å². The molecule has 5 rings (SSSR count). The first-order chi connectivity index (χ1) is 23.6. The maximum atomic E-state index is 14.0. The number of aromatic nitrogens is 2. The largest absolute Gasteiger partial charge is 0.481 e. The molecule has 0 spiro atoms. The smallest absolute Gasteiger partial charge is 0.326 e. The van der Waals surface area contributed by atoms with E-state index < -0.39 is 60.2 Å². The number of H-pyrrole nitrogens is 2. The number of carbonyl (C=O) groups excluding carboxylic acids is 3. The number of rotatable bonds is 16. The number of carbonyl (C=O) groups is 5. The summed E-state index contributed by atoms with van der Waals surface area (Å²) >= 11 is 0. The van der Waals surface area contributed by atoms with Crippen molar-refractivity contribution in [2.45, 2.75) is 56.3 Å². The topological polar surface area (TPSA) is 219 Å². The molecule has 0 radical (unpaired) electrons. The van der Waals surface area contributed by atoms with Crippen LogP contribution in [-0.2, 0) is 43.2 Å². The van der Waals surface area contributed by atoms with Gasteiger partial charge in [0.05, 0.1) is 6.04 Å². The van der Waals surface area contributed by atoms with Crippen LogP contribution < -0.4 is 21.7 Å². The maximum Gasteiger partial charge on any atom is 0.326 e. The summed E-state index contributed by atoms with van der Waals surface area (Å²) in [5, 5.41) is 28.4. The van der Waals surface area contributed by atoms with E-state index in [9.17, 15) is 29.1 Å². The Balaban J connectivity index is 1.38. The SMILES string of the molecule is NC(Cc1c[nH]c2ccccc12)C(=O)NC(Cc1ccccc1)C(=O)NC(Cc1c[nH]c2ccccc12)C(=O)NC(CCC(=O)O)C(=O)O. The van der Waals surface area contributed by atoms with E-state index in [1.54, 1.807) is 36.7 Å². The summed E-state index contributed by atoms with van der Waals surface area (Å²) in [6, 6.07) is 19.1. The summed E-state index contributed by atoms with van der Waals surface area (Å²) in [6.45, 7) is 0. The average Bonchev–Trinajstić information content (AvgIpc) is 3.70. The van der Waals surface area contributed by atoms with Crippen molar-refractivity contribution in [2.75, 3.05) is 0 Å². The highest BCUT2D eigenvalue weighted by Gasteiger charge is 2.31. The fraction of sp³-hybridized carbons (Fsp3) is 0.250. The first-order valence-corrected chi connectivity index (χ1v) is 15.8. The van der Waals surface area contributed by atoms with Crippen molar-refractivity contribution in [3.05, 3.63) is 108 Å². The van der Waals surface area contributed by atoms with Crippen molar-refractivity contribution in [1.29, 1.82) is 0 Å². The molecule has 13 heteroatoms. The number of hydrogen-bond donors (Lipinski definition) is 8. The Morgan fingerprint density at radius 1 is 0.612 bits per heavy atom. The second-order valence-corrected chi connectivity index (χ2v) is 11.9. The van der Waals surface area contributed by atoms with Gasteiger partial charge in [0.15, 0.2) is 0 Å². The van der Waals surface area contributed by atoms with E-state index in [4.69, 9.17) is 10.8 Å². The van der Waals surface area contributed by atoms with Gasteiger partial charge in [-0.1, -0.05) is 66.7 Å². The molecular weight excluding hydrogens is 628 g/mol. The van der Waals surface area contributed by atoms with Crippen LogP contribution in [0.15, 0.2) is 91.3 Å². The number of amides is 3. The third-order valence-electron chi connectivity index (χ3n) is 8.36. The zero-order chi connectivity index (χ0) is 34.9. The lowest BCUT2D eigenvalue weighted by atomic mass is 10.0. The zero-order valence-electron chi connectivity index (χ0n) is 26.5. The molecule has 9 N–H and O–H groups in total. The normalized spacial score (nSPS) is 13.7. The van der Waals surface area contributed by atoms with Gasteiger partial charge in [-0.05, 0) is 41.7 Å². The van der Waals surface area contributed by atoms with Crippen LogP contribution in [0.25, 0.3) is 21.8 Å². The number of para-hydroxylation sites is 2. The molecule has 49 heavy (non-hydrogen) atoms. The van der Waals surface area contributed by atoms with Crippen LogP contribution in [0.5, 0.6) is 0 Å². The van der Waals surface area contributed by atoms with E-state index >= 15 is 0 Å². The van der Waals surface area contributed by atoms with Gasteiger partial charge in [-0.3, -0.25) is 19.2 Å². The molecule has 3 amide bonds. The first kappa shape index (κ1) is 34.4. The molecule has 0 fully saturated rings. The molecule has 2 aromatic heterocycles. The van der Waals surface area contributed by atoms with Crippen molar-refractivity contribution >= 4 is 51.5 Å². The van der Waals surface area contributed by atoms with Gasteiger partial charge in [0.2, 0.25) is 17.7 Å². The molecular formula is C36H38N6O7. The van der Waals surface area contributed by atoms with E-state index in [0.717, 1.165) is 32.9 Å². The van der Waals surface area contributed by atoms with Crippen molar-refractivity contribution in [2.24, 2.45) is 5.73 Å². The van der Waals surface area contributed by atoms with Crippen molar-refractivity contribution < 1.29 is 34.2 Å². The minimum atomic E-state index is -1.51. The predicted octanol–water partition coefficient (Wildman–Crippen LogP) is 2.41. The number of hydrogen-bond acceptors (Lipinski definition) is 6. The van der Waals surface area contributed by atoms with Crippen LogP contribution in [0.3, 0.4) is 0 Å². The Bertz CT molecular complexity index is 1950. The Morgan fingerprint density at radius 2 is 1.10 bits per heavy atom. The average molecular weight is 667 g/mol. The molecule has 0 aliphatic heterocycles. The predicted molar refractivity (Wildman–Crippen MR) is 182 cm³/mol. The van der Waals surface area contributed by atoms with Crippen LogP contribution in [0, 0.1) is 0 Å². The van der Waals surface area contributed by atoms with Crippen molar-refractivity contribution in [3.63, 3.8) is 0 Å². The Morgan fingerprint density at radius 3 is 1.67 bits per heavy atom. The molecule has 0 saturated heterocycles. The lowest BCUT2D eigenvalue weighted by Crippen LogP contribution is -2.58. The highest BCUT2D eigenvalue weighted by Crippen LogP contribution is 2.21. The van der Waals surface area contributed by atoms with Gasteiger partial charge in [-0.2, -0.15) is 0 Å². The van der Waals surface area contributed by atoms with E-state index in [-0.39, 0.29) is 25.7 Å². The molecule has 5 aromatic rings. The van der Waals surface area contributed by atoms with Crippen LogP contribution in [0.1, 0.15) is 29.5 Å². The fourth-order valence-corrected chi connectivity index (χ4v) is 5.77. The Hall–Kier alpha value is -5.95. The second kappa shape index (κ2) is 15.8. The zero-order valence-corrected chi connectivity index (χ0v) is 26.5. The molecule has 0 aliphatic carbocycles. The number of carboxylic acids is 2. The number of carboxylic acid groups (broad SMARTS) is 2. The van der Waals surface area contributed by atoms with Gasteiger partial charge in [0.25, 0.3) is 0 Å². The summed E-state index contributed by atoms with van der Waals surface area (Å²) < 4.78 is 0. The second-order valence-electron chi connectivity index (χ2n) is 11.9. The van der Waals surface area contributed by atoms with Gasteiger partial charge in [-0.15, -0.1) is 0 Å². The third-order valence-corrected chi connectivity index (χ3v) is 8.36. The summed E-state index contributed by atoms with van der Waals surface area (Å²) in [5.41, 5.74) is 10.3. The van der Waals surface area contributed by atoms with Crippen LogP contribution in [0.2, 0.25) is 0 Å². The van der Waals surface area contributed by atoms with E-state index in [1.165, 1.54) is 0 Å². The molecule has 0 saturated carbocycles. The van der Waals surface area contributed by atoms with Crippen LogP contribution >= 0.6 is 0 Å². The standard InChI is InChI=1S/C36H38N6O7/c37-26(17-22-19-38-27-12-6-4-10-24(22)27)33(45)41-30(16-21-8-2-1-3-9-21)34(46)42-31(18-23-20-39-28-13-7-5-11-25(23)28)35(47)40-29(36(48)49)14-15-32(43)44/h1-13,19-20,26,29-31,38-39H,14-18,37H2,(H,40,47)(H,41,45)(H,42,46)(H,43,44)(H,48,49). The first-order valence-electron chi connectivity index (χ1n) is 15.8. The maximum absolute atomic E-state index is 14.0. The van der Waals surface area contributed by atoms with E-state index in [2.05, 4.69) is 25.9 Å². The van der Waals surface area contributed by atoms with Gasteiger partial charge in [0, 0.05) is 53.5 Å². The van der Waals surface area contributed by atoms with E-state index in [1.807, 2.05) is 54.6 Å². The number of nitrogens with two attached hydrogens (primary N) is 1. The number of nitrogens with one attached hydrogen (secondary N) is 5. The highest BCUT2D eigenvalue weighted by atomic mass is 16.4. The van der Waals surface area contributed by atoms with Gasteiger partial charge in [-0.25, -0.2) is 4.79 Å². The molecule has 13 nitrogen and oxygen atoms in total. The van der Waals surface area contributed by atoms with E-state index in [0.29, 0.717) is 5.56 Å². The van der Waals surface area contributed by atoms with Crippen molar-refractivity contribution in [3.8, 4) is 0 Å². The summed E-state index contributed by atoms with van der Waals surface area (Å²) in [7, 11) is 0. The van der Waals surface area contributed by atoms with Crippen molar-refractivity contribution in [1.82, 2.24) is 25.9 Å². The minimum absolute atomic E-state index is 0.0288. The Labute approximate surface area is 281 Å². The molecule has 0 bridgehead atoms. The van der Waals surface area contributed by atoms with Gasteiger partial charge in [0.1, 0.15) is 18.1 Å². The van der Waals surface area contributed by atoms with Gasteiger partial charge < -0.3 is 41.9 Å². The number of aliphatic carboxylic acids is 2. The molecule has 4 atom stereocenters. The summed E-state index contributed by atoms with van der Waals surface area (Å²) in [6.07, 6.45) is 2.90. The number of benzene rings is 3. The lowest BCUT2D eigenvalue weighted by molar-refractivity contribution is -0.143. The van der Waals surface area contributed by atoms with Crippen LogP contribution in [0.4, 0.5) is 0 Å². The Kier molecular flexibility index (Phi) is 11.1. The summed E-state index contributed by atoms with van der Waals surface area (Å²) in [4.78, 5) is 70.4. The molecule has 254 valence electrons. The summed E-state index contributed by atoms with van der Waals surface area (Å²) in [5.74, 6) is -4.71. The molecule has 2 heterocycles. The molecule has 3 aromatic carbocycles. The highest BCUT2D eigenvalue weighted by molar-refractivity contribution is 5.95. The minimum Gasteiger partial charge on any atom is -0.481 e.